The second-order valence-electron chi connectivity index (χ2n) is 8.65. The van der Waals surface area contributed by atoms with Crippen LogP contribution in [0, 0.1) is 12.7 Å². The zero-order valence-electron chi connectivity index (χ0n) is 19.8. The highest BCUT2D eigenvalue weighted by Gasteiger charge is 2.35. The van der Waals surface area contributed by atoms with Gasteiger partial charge in [-0.15, -0.1) is 0 Å². The van der Waals surface area contributed by atoms with E-state index in [1.165, 1.54) is 12.1 Å². The maximum atomic E-state index is 13.7. The number of nitrogens with zero attached hydrogens (tertiary/aromatic N) is 3. The van der Waals surface area contributed by atoms with Crippen LogP contribution in [-0.4, -0.2) is 40.3 Å². The van der Waals surface area contributed by atoms with Gasteiger partial charge >= 0.3 is 6.03 Å². The number of allylic oxidation sites excluding steroid dienone is 1. The van der Waals surface area contributed by atoms with Crippen molar-refractivity contribution < 1.29 is 18.4 Å². The molecule has 0 spiro atoms. The number of hydrogen-bond donors (Lipinski definition) is 1. The first-order chi connectivity index (χ1) is 16.3. The number of aromatic nitrogens is 2. The first-order valence-electron chi connectivity index (χ1n) is 11.4. The molecule has 0 bridgehead atoms. The molecule has 0 fully saturated rings. The summed E-state index contributed by atoms with van der Waals surface area (Å²) in [5, 5.41) is 7.17. The van der Waals surface area contributed by atoms with Crippen molar-refractivity contribution in [2.24, 2.45) is 0 Å². The molecule has 1 atom stereocenters. The Bertz CT molecular complexity index is 1190. The van der Waals surface area contributed by atoms with Crippen LogP contribution >= 0.6 is 0 Å². The van der Waals surface area contributed by atoms with Crippen molar-refractivity contribution in [3.05, 3.63) is 77.1 Å². The Morgan fingerprint density at radius 1 is 1.18 bits per heavy atom. The largest absolute Gasteiger partial charge is 0.379 e. The normalized spacial score (nSPS) is 16.4. The minimum atomic E-state index is -0.461. The van der Waals surface area contributed by atoms with E-state index in [1.54, 1.807) is 17.0 Å². The number of carbonyl (C=O) groups excluding carboxylic acids is 1. The fourth-order valence-electron chi connectivity index (χ4n) is 3.96. The van der Waals surface area contributed by atoms with Crippen LogP contribution in [0.25, 0.3) is 17.0 Å². The molecule has 1 aromatic heterocycles. The van der Waals surface area contributed by atoms with E-state index in [1.807, 2.05) is 52.0 Å². The molecule has 3 aromatic rings. The summed E-state index contributed by atoms with van der Waals surface area (Å²) in [6.07, 6.45) is 0.817. The van der Waals surface area contributed by atoms with Gasteiger partial charge in [0.1, 0.15) is 5.82 Å². The van der Waals surface area contributed by atoms with Crippen LogP contribution < -0.4 is 5.32 Å². The second-order valence-corrected chi connectivity index (χ2v) is 8.65. The number of carbonyl (C=O) groups is 1. The third-order valence-electron chi connectivity index (χ3n) is 5.72. The van der Waals surface area contributed by atoms with Crippen LogP contribution in [0.4, 0.5) is 9.18 Å². The number of nitrogens with one attached hydrogen (secondary N) is 1. The molecule has 1 aliphatic heterocycles. The van der Waals surface area contributed by atoms with Crippen LogP contribution in [0.2, 0.25) is 0 Å². The highest BCUT2D eigenvalue weighted by molar-refractivity contribution is 5.86. The lowest BCUT2D eigenvalue weighted by molar-refractivity contribution is 0.0736. The molecule has 0 aliphatic carbocycles. The summed E-state index contributed by atoms with van der Waals surface area (Å²) in [6.45, 7) is 8.89. The summed E-state index contributed by atoms with van der Waals surface area (Å²) in [5.41, 5.74) is 3.98. The fraction of sp³-hybridized carbons (Fsp3) is 0.346. The van der Waals surface area contributed by atoms with Gasteiger partial charge in [-0.2, -0.15) is 4.98 Å². The molecule has 8 heteroatoms. The van der Waals surface area contributed by atoms with E-state index in [-0.39, 0.29) is 29.7 Å². The maximum Gasteiger partial charge on any atom is 0.322 e. The molecular weight excluding hydrogens is 435 g/mol. The van der Waals surface area contributed by atoms with E-state index in [0.29, 0.717) is 30.7 Å². The van der Waals surface area contributed by atoms with Crippen LogP contribution in [0.1, 0.15) is 50.3 Å². The van der Waals surface area contributed by atoms with Crippen molar-refractivity contribution in [1.29, 1.82) is 0 Å². The second kappa shape index (κ2) is 10.2. The number of benzene rings is 2. The summed E-state index contributed by atoms with van der Waals surface area (Å²) in [5.74, 6) is 0.188. The molecular formula is C26H29FN4O3. The van der Waals surface area contributed by atoms with Gasteiger partial charge in [0.2, 0.25) is 5.82 Å². The molecule has 1 N–H and O–H groups in total. The minimum absolute atomic E-state index is 0.132. The van der Waals surface area contributed by atoms with E-state index >= 15 is 0 Å². The highest BCUT2D eigenvalue weighted by atomic mass is 19.1. The summed E-state index contributed by atoms with van der Waals surface area (Å²) in [6, 6.07) is 13.3. The van der Waals surface area contributed by atoms with E-state index in [4.69, 9.17) is 9.26 Å². The minimum Gasteiger partial charge on any atom is -0.379 e. The van der Waals surface area contributed by atoms with E-state index in [2.05, 4.69) is 15.5 Å². The number of aryl methyl sites for hydroxylation is 1. The summed E-state index contributed by atoms with van der Waals surface area (Å²) in [7, 11) is 0. The Morgan fingerprint density at radius 2 is 1.94 bits per heavy atom. The lowest BCUT2D eigenvalue weighted by Gasteiger charge is -2.35. The Morgan fingerprint density at radius 3 is 2.65 bits per heavy atom. The van der Waals surface area contributed by atoms with E-state index in [0.717, 1.165) is 16.8 Å². The molecule has 4 rings (SSSR count). The number of halogens is 1. The van der Waals surface area contributed by atoms with Gasteiger partial charge in [-0.1, -0.05) is 47.1 Å². The lowest BCUT2D eigenvalue weighted by Crippen LogP contribution is -2.46. The Labute approximate surface area is 198 Å². The summed E-state index contributed by atoms with van der Waals surface area (Å²) >= 11 is 0. The smallest absolute Gasteiger partial charge is 0.322 e. The quantitative estimate of drug-likeness (QED) is 0.446. The number of hydrogen-bond acceptors (Lipinski definition) is 5. The van der Waals surface area contributed by atoms with Crippen LogP contribution in [0.3, 0.4) is 0 Å². The van der Waals surface area contributed by atoms with Crippen LogP contribution in [-0.2, 0) is 4.74 Å². The monoisotopic (exact) mass is 464 g/mol. The van der Waals surface area contributed by atoms with Crippen LogP contribution in [0.5, 0.6) is 0 Å². The van der Waals surface area contributed by atoms with Gasteiger partial charge in [0, 0.05) is 24.4 Å². The van der Waals surface area contributed by atoms with Gasteiger partial charge in [-0.3, -0.25) is 4.90 Å². The van der Waals surface area contributed by atoms with Gasteiger partial charge in [-0.25, -0.2) is 9.18 Å². The molecule has 2 aromatic carbocycles. The molecule has 7 nitrogen and oxygen atoms in total. The zero-order chi connectivity index (χ0) is 24.2. The van der Waals surface area contributed by atoms with E-state index in [9.17, 15) is 9.18 Å². The van der Waals surface area contributed by atoms with Gasteiger partial charge in [0.05, 0.1) is 17.7 Å². The first kappa shape index (κ1) is 23.6. The molecule has 0 saturated carbocycles. The van der Waals surface area contributed by atoms with Crippen molar-refractivity contribution in [1.82, 2.24) is 20.4 Å². The molecule has 1 unspecified atom stereocenters. The Kier molecular flexibility index (Phi) is 7.07. The fourth-order valence-corrected chi connectivity index (χ4v) is 3.96. The number of ether oxygens (including phenoxy) is 1. The average Bonchev–Trinajstić information content (AvgIpc) is 3.28. The number of amides is 2. The summed E-state index contributed by atoms with van der Waals surface area (Å²) in [4.78, 5) is 19.3. The predicted octanol–water partition coefficient (Wildman–Crippen LogP) is 5.50. The third kappa shape index (κ3) is 5.17. The van der Waals surface area contributed by atoms with Gasteiger partial charge in [0.15, 0.2) is 0 Å². The molecule has 1 aliphatic rings. The molecule has 34 heavy (non-hydrogen) atoms. The van der Waals surface area contributed by atoms with Crippen molar-refractivity contribution in [2.75, 3.05) is 13.2 Å². The maximum absolute atomic E-state index is 13.7. The van der Waals surface area contributed by atoms with E-state index < -0.39 is 6.04 Å². The average molecular weight is 465 g/mol. The standard InChI is InChI=1S/C26H29FN4O3/c1-16(2)33-14-6-13-31-18(4)22(23(28-26(31)32)19-11-9-17(3)10-12-19)25-29-24(30-34-25)20-7-5-8-21(27)15-20/h5,7-12,15-16,23H,6,13-14H2,1-4H3,(H,28,32). The molecule has 0 radical (unpaired) electrons. The topological polar surface area (TPSA) is 80.5 Å². The van der Waals surface area contributed by atoms with Crippen molar-refractivity contribution >= 4 is 11.6 Å². The Hall–Kier alpha value is -3.52. The van der Waals surface area contributed by atoms with Crippen LogP contribution in [0.15, 0.2) is 58.8 Å². The molecule has 2 heterocycles. The highest BCUT2D eigenvalue weighted by Crippen LogP contribution is 2.37. The van der Waals surface area contributed by atoms with Crippen molar-refractivity contribution in [3.8, 4) is 11.4 Å². The van der Waals surface area contributed by atoms with Gasteiger partial charge < -0.3 is 14.6 Å². The SMILES string of the molecule is CC1=C(c2nc(-c3cccc(F)c3)no2)C(c2ccc(C)cc2)NC(=O)N1CCCOC(C)C. The lowest BCUT2D eigenvalue weighted by atomic mass is 9.94. The Balaban J connectivity index is 1.71. The van der Waals surface area contributed by atoms with Crippen molar-refractivity contribution in [3.63, 3.8) is 0 Å². The molecule has 0 saturated heterocycles. The van der Waals surface area contributed by atoms with Gasteiger partial charge in [0.25, 0.3) is 5.89 Å². The first-order valence-corrected chi connectivity index (χ1v) is 11.4. The number of rotatable bonds is 8. The predicted molar refractivity (Wildman–Crippen MR) is 127 cm³/mol. The molecule has 2 amide bonds. The van der Waals surface area contributed by atoms with Gasteiger partial charge in [-0.05, 0) is 51.8 Å². The molecule has 178 valence electrons. The van der Waals surface area contributed by atoms with Crippen molar-refractivity contribution in [2.45, 2.75) is 46.3 Å². The number of urea groups is 1. The summed E-state index contributed by atoms with van der Waals surface area (Å²) < 4.78 is 25.0. The zero-order valence-corrected chi connectivity index (χ0v) is 19.8. The third-order valence-corrected chi connectivity index (χ3v) is 5.72.